The van der Waals surface area contributed by atoms with Crippen LogP contribution in [0.2, 0.25) is 0 Å². The molecule has 1 N–H and O–H groups in total. The molecule has 0 radical (unpaired) electrons. The fourth-order valence-electron chi connectivity index (χ4n) is 1.75. The monoisotopic (exact) mass is 320 g/mol. The van der Waals surface area contributed by atoms with E-state index in [1.807, 2.05) is 0 Å². The molecule has 0 saturated carbocycles. The summed E-state index contributed by atoms with van der Waals surface area (Å²) in [5.41, 5.74) is 1.35. The molecule has 0 aliphatic carbocycles. The van der Waals surface area contributed by atoms with Crippen LogP contribution in [0.1, 0.15) is 5.56 Å². The molecule has 0 fully saturated rings. The van der Waals surface area contributed by atoms with E-state index in [0.717, 1.165) is 5.56 Å². The Morgan fingerprint density at radius 1 is 1.23 bits per heavy atom. The van der Waals surface area contributed by atoms with Crippen molar-refractivity contribution < 1.29 is 14.1 Å². The van der Waals surface area contributed by atoms with E-state index in [1.54, 1.807) is 12.1 Å². The lowest BCUT2D eigenvalue weighted by molar-refractivity contribution is -0.384. The number of nitro groups is 1. The van der Waals surface area contributed by atoms with Gasteiger partial charge in [0.25, 0.3) is 5.69 Å². The number of carbonyl (C=O) groups excluding carboxylic acids is 1. The second kappa shape index (κ2) is 7.56. The van der Waals surface area contributed by atoms with Gasteiger partial charge in [0.15, 0.2) is 0 Å². The number of halogens is 1. The Kier molecular flexibility index (Phi) is 5.48. The van der Waals surface area contributed by atoms with Gasteiger partial charge in [-0.3, -0.25) is 14.9 Å². The van der Waals surface area contributed by atoms with Crippen LogP contribution in [0.3, 0.4) is 0 Å². The number of hydrogen-bond donors (Lipinski definition) is 1. The van der Waals surface area contributed by atoms with E-state index in [2.05, 4.69) is 5.32 Å². The standard InChI is InChI=1S/C15H13FN2O3S/c16-12-4-6-13(7-5-12)17-15(19)10-22-9-11-2-1-3-14(8-11)18(20)21/h1-8H,9-10H2,(H,17,19). The first-order valence-electron chi connectivity index (χ1n) is 6.41. The number of nitrogens with one attached hydrogen (secondary N) is 1. The molecule has 2 rings (SSSR count). The topological polar surface area (TPSA) is 72.2 Å². The zero-order valence-corrected chi connectivity index (χ0v) is 12.3. The SMILES string of the molecule is O=C(CSCc1cccc([N+](=O)[O-])c1)Nc1ccc(F)cc1. The highest BCUT2D eigenvalue weighted by atomic mass is 32.2. The molecule has 0 spiro atoms. The van der Waals surface area contributed by atoms with Crippen LogP contribution in [0.15, 0.2) is 48.5 Å². The third kappa shape index (κ3) is 4.85. The molecule has 0 atom stereocenters. The minimum Gasteiger partial charge on any atom is -0.325 e. The maximum Gasteiger partial charge on any atom is 0.269 e. The van der Waals surface area contributed by atoms with Gasteiger partial charge in [0.2, 0.25) is 5.91 Å². The fraction of sp³-hybridized carbons (Fsp3) is 0.133. The smallest absolute Gasteiger partial charge is 0.269 e. The molecular formula is C15H13FN2O3S. The quantitative estimate of drug-likeness (QED) is 0.652. The van der Waals surface area contributed by atoms with Gasteiger partial charge in [-0.05, 0) is 29.8 Å². The Balaban J connectivity index is 1.80. The van der Waals surface area contributed by atoms with Gasteiger partial charge in [-0.25, -0.2) is 4.39 Å². The Bertz CT molecular complexity index is 677. The van der Waals surface area contributed by atoms with Crippen molar-refractivity contribution in [1.29, 1.82) is 0 Å². The molecular weight excluding hydrogens is 307 g/mol. The lowest BCUT2D eigenvalue weighted by Crippen LogP contribution is -2.14. The van der Waals surface area contributed by atoms with Crippen LogP contribution >= 0.6 is 11.8 Å². The molecule has 0 aliphatic rings. The van der Waals surface area contributed by atoms with Crippen LogP contribution < -0.4 is 5.32 Å². The number of hydrogen-bond acceptors (Lipinski definition) is 4. The average molecular weight is 320 g/mol. The third-order valence-corrected chi connectivity index (χ3v) is 3.76. The van der Waals surface area contributed by atoms with E-state index in [1.165, 1.54) is 48.2 Å². The number of amides is 1. The highest BCUT2D eigenvalue weighted by molar-refractivity contribution is 7.99. The zero-order valence-electron chi connectivity index (χ0n) is 11.5. The molecule has 1 amide bonds. The van der Waals surface area contributed by atoms with Crippen molar-refractivity contribution in [3.8, 4) is 0 Å². The van der Waals surface area contributed by atoms with Gasteiger partial charge in [0.05, 0.1) is 10.7 Å². The maximum absolute atomic E-state index is 12.7. The summed E-state index contributed by atoms with van der Waals surface area (Å²) < 4.78 is 12.7. The summed E-state index contributed by atoms with van der Waals surface area (Å²) in [6, 6.07) is 11.8. The molecule has 2 aromatic rings. The summed E-state index contributed by atoms with van der Waals surface area (Å²) in [5.74, 6) is 0.138. The van der Waals surface area contributed by atoms with Gasteiger partial charge in [-0.1, -0.05) is 12.1 Å². The number of carbonyl (C=O) groups is 1. The van der Waals surface area contributed by atoms with Crippen molar-refractivity contribution in [3.05, 3.63) is 70.0 Å². The highest BCUT2D eigenvalue weighted by Crippen LogP contribution is 2.18. The minimum atomic E-state index is -0.449. The number of benzene rings is 2. The summed E-state index contributed by atoms with van der Waals surface area (Å²) in [6.07, 6.45) is 0. The minimum absolute atomic E-state index is 0.0360. The number of rotatable bonds is 6. The maximum atomic E-state index is 12.7. The van der Waals surface area contributed by atoms with Crippen LogP contribution in [0.25, 0.3) is 0 Å². The van der Waals surface area contributed by atoms with E-state index in [0.29, 0.717) is 11.4 Å². The first-order valence-corrected chi connectivity index (χ1v) is 7.56. The van der Waals surface area contributed by atoms with E-state index < -0.39 is 4.92 Å². The Labute approximate surface area is 130 Å². The van der Waals surface area contributed by atoms with Crippen LogP contribution in [0, 0.1) is 15.9 Å². The van der Waals surface area contributed by atoms with Gasteiger partial charge < -0.3 is 5.32 Å². The first kappa shape index (κ1) is 16.0. The van der Waals surface area contributed by atoms with E-state index in [-0.39, 0.29) is 23.2 Å². The summed E-state index contributed by atoms with van der Waals surface area (Å²) in [7, 11) is 0. The Morgan fingerprint density at radius 3 is 2.64 bits per heavy atom. The van der Waals surface area contributed by atoms with Crippen molar-refractivity contribution >= 4 is 29.0 Å². The Morgan fingerprint density at radius 2 is 1.95 bits per heavy atom. The van der Waals surface area contributed by atoms with Crippen molar-refractivity contribution in [1.82, 2.24) is 0 Å². The summed E-state index contributed by atoms with van der Waals surface area (Å²) >= 11 is 1.35. The molecule has 0 unspecified atom stereocenters. The lowest BCUT2D eigenvalue weighted by Gasteiger charge is -2.05. The van der Waals surface area contributed by atoms with Crippen molar-refractivity contribution in [3.63, 3.8) is 0 Å². The molecule has 0 bridgehead atoms. The van der Waals surface area contributed by atoms with Gasteiger partial charge >= 0.3 is 0 Å². The van der Waals surface area contributed by atoms with E-state index in [4.69, 9.17) is 0 Å². The molecule has 114 valence electrons. The predicted molar refractivity (Wildman–Crippen MR) is 84.3 cm³/mol. The average Bonchev–Trinajstić information content (AvgIpc) is 2.50. The second-order valence-electron chi connectivity index (χ2n) is 4.47. The molecule has 0 heterocycles. The number of nitrogens with zero attached hydrogens (tertiary/aromatic N) is 1. The zero-order chi connectivity index (χ0) is 15.9. The van der Waals surface area contributed by atoms with Crippen molar-refractivity contribution in [2.45, 2.75) is 5.75 Å². The van der Waals surface area contributed by atoms with Gasteiger partial charge in [-0.15, -0.1) is 11.8 Å². The molecule has 2 aromatic carbocycles. The normalized spacial score (nSPS) is 10.2. The summed E-state index contributed by atoms with van der Waals surface area (Å²) in [4.78, 5) is 22.0. The molecule has 0 aromatic heterocycles. The Hall–Kier alpha value is -2.41. The third-order valence-electron chi connectivity index (χ3n) is 2.75. The summed E-state index contributed by atoms with van der Waals surface area (Å²) in [6.45, 7) is 0. The number of thioether (sulfide) groups is 1. The van der Waals surface area contributed by atoms with E-state index in [9.17, 15) is 19.3 Å². The van der Waals surface area contributed by atoms with Crippen LogP contribution in [0.5, 0.6) is 0 Å². The first-order chi connectivity index (χ1) is 10.5. The molecule has 22 heavy (non-hydrogen) atoms. The highest BCUT2D eigenvalue weighted by Gasteiger charge is 2.07. The lowest BCUT2D eigenvalue weighted by atomic mass is 10.2. The van der Waals surface area contributed by atoms with Crippen molar-refractivity contribution in [2.75, 3.05) is 11.1 Å². The van der Waals surface area contributed by atoms with Crippen molar-refractivity contribution in [2.24, 2.45) is 0 Å². The van der Waals surface area contributed by atoms with Crippen LogP contribution in [-0.4, -0.2) is 16.6 Å². The van der Waals surface area contributed by atoms with Gasteiger partial charge in [0, 0.05) is 23.6 Å². The van der Waals surface area contributed by atoms with Crippen LogP contribution in [0.4, 0.5) is 15.8 Å². The number of nitro benzene ring substituents is 1. The number of non-ortho nitro benzene ring substituents is 1. The molecule has 7 heteroatoms. The molecule has 0 saturated heterocycles. The largest absolute Gasteiger partial charge is 0.325 e. The summed E-state index contributed by atoms with van der Waals surface area (Å²) in [5, 5.41) is 13.3. The molecule has 5 nitrogen and oxygen atoms in total. The fourth-order valence-corrected chi connectivity index (χ4v) is 2.53. The molecule has 0 aliphatic heterocycles. The van der Waals surface area contributed by atoms with Gasteiger partial charge in [0.1, 0.15) is 5.82 Å². The second-order valence-corrected chi connectivity index (χ2v) is 5.46. The number of anilines is 1. The van der Waals surface area contributed by atoms with Gasteiger partial charge in [-0.2, -0.15) is 0 Å². The van der Waals surface area contributed by atoms with Crippen LogP contribution in [-0.2, 0) is 10.5 Å². The predicted octanol–water partition coefficient (Wildman–Crippen LogP) is 3.61. The van der Waals surface area contributed by atoms with E-state index >= 15 is 0 Å².